The summed E-state index contributed by atoms with van der Waals surface area (Å²) in [4.78, 5) is 27.6. The fourth-order valence-corrected chi connectivity index (χ4v) is 2.90. The van der Waals surface area contributed by atoms with Crippen LogP contribution in [-0.2, 0) is 9.59 Å². The fraction of sp³-hybridized carbons (Fsp3) is 0.150. The van der Waals surface area contributed by atoms with E-state index in [1.165, 1.54) is 7.05 Å². The van der Waals surface area contributed by atoms with Gasteiger partial charge in [0.1, 0.15) is 6.04 Å². The van der Waals surface area contributed by atoms with Crippen molar-refractivity contribution in [3.05, 3.63) is 67.3 Å². The van der Waals surface area contributed by atoms with Crippen LogP contribution in [0.3, 0.4) is 0 Å². The van der Waals surface area contributed by atoms with E-state index in [0.717, 1.165) is 22.3 Å². The van der Waals surface area contributed by atoms with Crippen molar-refractivity contribution in [1.82, 2.24) is 20.3 Å². The van der Waals surface area contributed by atoms with Gasteiger partial charge in [0, 0.05) is 31.8 Å². The van der Waals surface area contributed by atoms with Crippen LogP contribution >= 0.6 is 0 Å². The van der Waals surface area contributed by atoms with Crippen molar-refractivity contribution in [3.8, 4) is 22.3 Å². The summed E-state index contributed by atoms with van der Waals surface area (Å²) in [6.07, 6.45) is 6.91. The van der Waals surface area contributed by atoms with Gasteiger partial charge in [-0.25, -0.2) is 5.48 Å². The van der Waals surface area contributed by atoms with Crippen LogP contribution in [0.4, 0.5) is 0 Å². The number of hydroxylamine groups is 1. The summed E-state index contributed by atoms with van der Waals surface area (Å²) in [5, 5.41) is 11.3. The number of nitrogens with zero attached hydrogens (tertiary/aromatic N) is 2. The second-order valence-corrected chi connectivity index (χ2v) is 6.03. The second kappa shape index (κ2) is 8.29. The number of carbonyl (C=O) groups is 2. The highest BCUT2D eigenvalue weighted by molar-refractivity contribution is 5.86. The summed E-state index contributed by atoms with van der Waals surface area (Å²) < 4.78 is 1.67. The minimum Gasteiger partial charge on any atom is -0.357 e. The van der Waals surface area contributed by atoms with E-state index in [1.807, 2.05) is 48.7 Å². The summed E-state index contributed by atoms with van der Waals surface area (Å²) in [7, 11) is 1.51. The first-order valence-electron chi connectivity index (χ1n) is 8.45. The number of hydrogen-bond acceptors (Lipinski definition) is 4. The molecule has 0 bridgehead atoms. The third kappa shape index (κ3) is 4.21. The maximum absolute atomic E-state index is 12.1. The Kier molecular flexibility index (Phi) is 5.63. The summed E-state index contributed by atoms with van der Waals surface area (Å²) in [5.41, 5.74) is 5.66. The minimum atomic E-state index is -0.744. The van der Waals surface area contributed by atoms with Gasteiger partial charge in [-0.15, -0.1) is 0 Å². The molecule has 0 spiro atoms. The maximum Gasteiger partial charge on any atom is 0.245 e. The normalized spacial score (nSPS) is 11.6. The predicted octanol–water partition coefficient (Wildman–Crippen LogP) is 2.40. The molecular weight excluding hydrogens is 344 g/mol. The molecule has 7 nitrogen and oxygen atoms in total. The van der Waals surface area contributed by atoms with Gasteiger partial charge in [0.05, 0.1) is 6.42 Å². The van der Waals surface area contributed by atoms with Gasteiger partial charge in [-0.2, -0.15) is 0 Å². The van der Waals surface area contributed by atoms with Crippen LogP contribution in [0.1, 0.15) is 12.5 Å². The van der Waals surface area contributed by atoms with Gasteiger partial charge < -0.3 is 9.88 Å². The second-order valence-electron chi connectivity index (χ2n) is 6.03. The standard InChI is InChI=1S/C20H20N4O3/c1-21-20(26)18(12-19(25)23-27)24-11-8-17(13-24)15-4-2-14(3-5-15)16-6-9-22-10-7-16/h2-11,13,18,27H,12H2,1H3,(H,21,26)(H,23,25). The molecule has 27 heavy (non-hydrogen) atoms. The van der Waals surface area contributed by atoms with Crippen LogP contribution in [-0.4, -0.2) is 33.6 Å². The van der Waals surface area contributed by atoms with Gasteiger partial charge in [-0.3, -0.25) is 19.8 Å². The lowest BCUT2D eigenvalue weighted by Gasteiger charge is -2.16. The van der Waals surface area contributed by atoms with Crippen LogP contribution < -0.4 is 10.8 Å². The Bertz CT molecular complexity index is 920. The smallest absolute Gasteiger partial charge is 0.245 e. The van der Waals surface area contributed by atoms with E-state index in [2.05, 4.69) is 10.3 Å². The first kappa shape index (κ1) is 18.3. The molecular formula is C20H20N4O3. The highest BCUT2D eigenvalue weighted by Crippen LogP contribution is 2.26. The molecule has 3 N–H and O–H groups in total. The Morgan fingerprint density at radius 1 is 1.00 bits per heavy atom. The zero-order chi connectivity index (χ0) is 19.2. The molecule has 0 saturated carbocycles. The number of hydrogen-bond donors (Lipinski definition) is 3. The van der Waals surface area contributed by atoms with Crippen LogP contribution in [0.5, 0.6) is 0 Å². The average molecular weight is 364 g/mol. The van der Waals surface area contributed by atoms with Crippen molar-refractivity contribution in [2.75, 3.05) is 7.05 Å². The lowest BCUT2D eigenvalue weighted by molar-refractivity contribution is -0.134. The molecule has 0 saturated heterocycles. The van der Waals surface area contributed by atoms with Crippen LogP contribution in [0.25, 0.3) is 22.3 Å². The molecule has 3 rings (SSSR count). The van der Waals surface area contributed by atoms with E-state index >= 15 is 0 Å². The molecule has 0 aliphatic heterocycles. The van der Waals surface area contributed by atoms with Crippen molar-refractivity contribution in [3.63, 3.8) is 0 Å². The molecule has 0 aliphatic carbocycles. The zero-order valence-electron chi connectivity index (χ0n) is 14.8. The van der Waals surface area contributed by atoms with E-state index in [9.17, 15) is 9.59 Å². The Balaban J connectivity index is 1.83. The minimum absolute atomic E-state index is 0.161. The van der Waals surface area contributed by atoms with Crippen molar-refractivity contribution in [1.29, 1.82) is 0 Å². The lowest BCUT2D eigenvalue weighted by Crippen LogP contribution is -2.33. The summed E-state index contributed by atoms with van der Waals surface area (Å²) >= 11 is 0. The number of carbonyl (C=O) groups excluding carboxylic acids is 2. The van der Waals surface area contributed by atoms with E-state index in [0.29, 0.717) is 0 Å². The number of amides is 2. The third-order valence-electron chi connectivity index (χ3n) is 4.36. The molecule has 1 aromatic carbocycles. The molecule has 3 aromatic rings. The SMILES string of the molecule is CNC(=O)C(CC(=O)NO)n1ccc(-c2ccc(-c3ccncc3)cc2)c1. The molecule has 0 aliphatic rings. The van der Waals surface area contributed by atoms with Gasteiger partial charge in [0.25, 0.3) is 0 Å². The van der Waals surface area contributed by atoms with Gasteiger partial charge in [-0.1, -0.05) is 24.3 Å². The van der Waals surface area contributed by atoms with Crippen molar-refractivity contribution in [2.45, 2.75) is 12.5 Å². The Labute approximate surface area is 156 Å². The molecule has 2 heterocycles. The highest BCUT2D eigenvalue weighted by atomic mass is 16.5. The predicted molar refractivity (Wildman–Crippen MR) is 101 cm³/mol. The summed E-state index contributed by atoms with van der Waals surface area (Å²) in [5.74, 6) is -0.936. The summed E-state index contributed by atoms with van der Waals surface area (Å²) in [6.45, 7) is 0. The van der Waals surface area contributed by atoms with E-state index in [4.69, 9.17) is 5.21 Å². The topological polar surface area (TPSA) is 96.3 Å². The van der Waals surface area contributed by atoms with Crippen molar-refractivity contribution < 1.29 is 14.8 Å². The number of likely N-dealkylation sites (N-methyl/N-ethyl adjacent to an activating group) is 1. The highest BCUT2D eigenvalue weighted by Gasteiger charge is 2.22. The first-order chi connectivity index (χ1) is 13.1. The maximum atomic E-state index is 12.1. The number of benzene rings is 1. The number of nitrogens with one attached hydrogen (secondary N) is 2. The number of aromatic nitrogens is 2. The lowest BCUT2D eigenvalue weighted by atomic mass is 10.0. The largest absolute Gasteiger partial charge is 0.357 e. The van der Waals surface area contributed by atoms with Gasteiger partial charge >= 0.3 is 0 Å². The molecule has 0 fully saturated rings. The van der Waals surface area contributed by atoms with E-state index in [1.54, 1.807) is 28.6 Å². The average Bonchev–Trinajstić information content (AvgIpc) is 3.22. The Morgan fingerprint density at radius 2 is 1.59 bits per heavy atom. The van der Waals surface area contributed by atoms with E-state index < -0.39 is 11.9 Å². The molecule has 7 heteroatoms. The quantitative estimate of drug-likeness (QED) is 0.462. The van der Waals surface area contributed by atoms with Crippen LogP contribution in [0, 0.1) is 0 Å². The monoisotopic (exact) mass is 364 g/mol. The van der Waals surface area contributed by atoms with Gasteiger partial charge in [0.2, 0.25) is 11.8 Å². The number of rotatable bonds is 6. The van der Waals surface area contributed by atoms with Crippen molar-refractivity contribution >= 4 is 11.8 Å². The Morgan fingerprint density at radius 3 is 2.19 bits per heavy atom. The van der Waals surface area contributed by atoms with Gasteiger partial charge in [0.15, 0.2) is 0 Å². The Hall–Kier alpha value is -3.45. The van der Waals surface area contributed by atoms with Crippen LogP contribution in [0.2, 0.25) is 0 Å². The zero-order valence-corrected chi connectivity index (χ0v) is 14.8. The van der Waals surface area contributed by atoms with Crippen LogP contribution in [0.15, 0.2) is 67.3 Å². The first-order valence-corrected chi connectivity index (χ1v) is 8.45. The van der Waals surface area contributed by atoms with Crippen molar-refractivity contribution in [2.24, 2.45) is 0 Å². The molecule has 0 radical (unpaired) electrons. The molecule has 2 aromatic heterocycles. The fourth-order valence-electron chi connectivity index (χ4n) is 2.90. The molecule has 1 atom stereocenters. The number of pyridine rings is 1. The van der Waals surface area contributed by atoms with E-state index in [-0.39, 0.29) is 12.3 Å². The summed E-state index contributed by atoms with van der Waals surface area (Å²) in [6, 6.07) is 13.1. The molecule has 1 unspecified atom stereocenters. The molecule has 2 amide bonds. The van der Waals surface area contributed by atoms with Gasteiger partial charge in [-0.05, 0) is 40.5 Å². The molecule has 138 valence electrons. The third-order valence-corrected chi connectivity index (χ3v) is 4.36.